The van der Waals surface area contributed by atoms with Gasteiger partial charge in [0.2, 0.25) is 11.8 Å². The van der Waals surface area contributed by atoms with Crippen molar-refractivity contribution >= 4 is 11.8 Å². The first-order chi connectivity index (χ1) is 14.5. The zero-order chi connectivity index (χ0) is 21.6. The van der Waals surface area contributed by atoms with E-state index in [0.29, 0.717) is 39.0 Å². The molecule has 3 rings (SSSR count). The molecule has 30 heavy (non-hydrogen) atoms. The van der Waals surface area contributed by atoms with Crippen LogP contribution < -0.4 is 14.8 Å². The number of hydrogen-bond donors (Lipinski definition) is 1. The molecule has 1 saturated carbocycles. The fourth-order valence-electron chi connectivity index (χ4n) is 4.58. The molecule has 0 bridgehead atoms. The van der Waals surface area contributed by atoms with E-state index in [-0.39, 0.29) is 17.9 Å². The molecule has 166 valence electrons. The third kappa shape index (κ3) is 5.08. The van der Waals surface area contributed by atoms with Crippen molar-refractivity contribution in [1.29, 1.82) is 0 Å². The summed E-state index contributed by atoms with van der Waals surface area (Å²) in [5, 5.41) is 3.23. The Hall–Kier alpha value is -2.24. The summed E-state index contributed by atoms with van der Waals surface area (Å²) in [6.45, 7) is 7.47. The van der Waals surface area contributed by atoms with Crippen molar-refractivity contribution in [1.82, 2.24) is 10.2 Å². The van der Waals surface area contributed by atoms with Crippen molar-refractivity contribution in [3.63, 3.8) is 0 Å². The van der Waals surface area contributed by atoms with Gasteiger partial charge in [-0.2, -0.15) is 0 Å². The molecule has 1 atom stereocenters. The van der Waals surface area contributed by atoms with Crippen molar-refractivity contribution in [2.75, 3.05) is 19.8 Å². The fraction of sp³-hybridized carbons (Fsp3) is 0.667. The third-order valence-corrected chi connectivity index (χ3v) is 6.38. The number of hydrogen-bond acceptors (Lipinski definition) is 4. The summed E-state index contributed by atoms with van der Waals surface area (Å²) in [5.41, 5.74) is 0.305. The first-order valence-electron chi connectivity index (χ1n) is 11.5. The van der Waals surface area contributed by atoms with Crippen LogP contribution in [-0.4, -0.2) is 48.1 Å². The fourth-order valence-corrected chi connectivity index (χ4v) is 4.58. The van der Waals surface area contributed by atoms with E-state index in [1.54, 1.807) is 4.90 Å². The van der Waals surface area contributed by atoms with Crippen molar-refractivity contribution < 1.29 is 19.1 Å². The Morgan fingerprint density at radius 1 is 1.13 bits per heavy atom. The Kier molecular flexibility index (Phi) is 7.62. The second kappa shape index (κ2) is 10.2. The van der Waals surface area contributed by atoms with Crippen LogP contribution in [-0.2, 0) is 16.0 Å². The van der Waals surface area contributed by atoms with Crippen LogP contribution in [0.15, 0.2) is 18.2 Å². The Morgan fingerprint density at radius 2 is 1.83 bits per heavy atom. The van der Waals surface area contributed by atoms with Gasteiger partial charge in [0.1, 0.15) is 5.54 Å². The standard InChI is InChI=1S/C24H36N2O4/c1-4-29-20-12-11-18(17-21(20)30-5-2)14-16-26-22(27)13-15-24(26,3)23(28)25-19-9-7-6-8-10-19/h11-12,17,19H,4-10,13-16H2,1-3H3,(H,25,28). The van der Waals surface area contributed by atoms with E-state index in [1.165, 1.54) is 19.3 Å². The van der Waals surface area contributed by atoms with Gasteiger partial charge >= 0.3 is 0 Å². The van der Waals surface area contributed by atoms with Crippen molar-refractivity contribution in [3.05, 3.63) is 23.8 Å². The first kappa shape index (κ1) is 22.4. The lowest BCUT2D eigenvalue weighted by Gasteiger charge is -2.36. The highest BCUT2D eigenvalue weighted by molar-refractivity contribution is 5.94. The highest BCUT2D eigenvalue weighted by Crippen LogP contribution is 2.33. The SMILES string of the molecule is CCOc1ccc(CCN2C(=O)CCC2(C)C(=O)NC2CCCCC2)cc1OCC. The molecule has 2 fully saturated rings. The maximum absolute atomic E-state index is 13.1. The van der Waals surface area contributed by atoms with Crippen molar-refractivity contribution in [3.8, 4) is 11.5 Å². The van der Waals surface area contributed by atoms with Gasteiger partial charge in [0.25, 0.3) is 0 Å². The van der Waals surface area contributed by atoms with Gasteiger partial charge in [0.05, 0.1) is 13.2 Å². The van der Waals surface area contributed by atoms with Crippen LogP contribution in [0, 0.1) is 0 Å². The molecule has 1 N–H and O–H groups in total. The average Bonchev–Trinajstić information content (AvgIpc) is 3.04. The van der Waals surface area contributed by atoms with Gasteiger partial charge in [-0.05, 0) is 64.2 Å². The van der Waals surface area contributed by atoms with Gasteiger partial charge in [0, 0.05) is 19.0 Å². The summed E-state index contributed by atoms with van der Waals surface area (Å²) in [5.74, 6) is 1.52. The van der Waals surface area contributed by atoms with Crippen molar-refractivity contribution in [2.45, 2.75) is 83.7 Å². The van der Waals surface area contributed by atoms with Gasteiger partial charge in [-0.25, -0.2) is 0 Å². The van der Waals surface area contributed by atoms with Crippen LogP contribution in [0.25, 0.3) is 0 Å². The maximum Gasteiger partial charge on any atom is 0.245 e. The zero-order valence-corrected chi connectivity index (χ0v) is 18.7. The summed E-state index contributed by atoms with van der Waals surface area (Å²) >= 11 is 0. The number of likely N-dealkylation sites (tertiary alicyclic amines) is 1. The lowest BCUT2D eigenvalue weighted by Crippen LogP contribution is -2.57. The summed E-state index contributed by atoms with van der Waals surface area (Å²) in [6.07, 6.45) is 7.36. The molecule has 1 aromatic rings. The minimum absolute atomic E-state index is 0.00180. The molecule has 1 aromatic carbocycles. The molecule has 1 saturated heterocycles. The minimum atomic E-state index is -0.761. The number of benzene rings is 1. The van der Waals surface area contributed by atoms with Gasteiger partial charge in [0.15, 0.2) is 11.5 Å². The van der Waals surface area contributed by atoms with E-state index in [4.69, 9.17) is 9.47 Å². The van der Waals surface area contributed by atoms with Crippen LogP contribution in [0.4, 0.5) is 0 Å². The van der Waals surface area contributed by atoms with Gasteiger partial charge in [-0.3, -0.25) is 9.59 Å². The van der Waals surface area contributed by atoms with E-state index >= 15 is 0 Å². The second-order valence-electron chi connectivity index (χ2n) is 8.52. The number of nitrogens with zero attached hydrogens (tertiary/aromatic N) is 1. The zero-order valence-electron chi connectivity index (χ0n) is 18.7. The van der Waals surface area contributed by atoms with E-state index in [0.717, 1.165) is 29.9 Å². The van der Waals surface area contributed by atoms with E-state index in [2.05, 4.69) is 5.32 Å². The lowest BCUT2D eigenvalue weighted by atomic mass is 9.92. The number of ether oxygens (including phenoxy) is 2. The number of rotatable bonds is 9. The molecule has 1 aliphatic heterocycles. The monoisotopic (exact) mass is 416 g/mol. The summed E-state index contributed by atoms with van der Waals surface area (Å²) in [6, 6.07) is 6.16. The lowest BCUT2D eigenvalue weighted by molar-refractivity contribution is -0.141. The Morgan fingerprint density at radius 3 is 2.53 bits per heavy atom. The van der Waals surface area contributed by atoms with Crippen LogP contribution in [0.3, 0.4) is 0 Å². The predicted molar refractivity (Wildman–Crippen MR) is 117 cm³/mol. The van der Waals surface area contributed by atoms with E-state index < -0.39 is 5.54 Å². The van der Waals surface area contributed by atoms with E-state index in [9.17, 15) is 9.59 Å². The largest absolute Gasteiger partial charge is 0.490 e. The first-order valence-corrected chi connectivity index (χ1v) is 11.5. The molecule has 0 aromatic heterocycles. The topological polar surface area (TPSA) is 67.9 Å². The summed E-state index contributed by atoms with van der Waals surface area (Å²) < 4.78 is 11.4. The predicted octanol–water partition coefficient (Wildman–Crippen LogP) is 3.86. The molecule has 1 aliphatic carbocycles. The van der Waals surface area contributed by atoms with Crippen LogP contribution in [0.1, 0.15) is 71.3 Å². The number of amides is 2. The highest BCUT2D eigenvalue weighted by Gasteiger charge is 2.47. The van der Waals surface area contributed by atoms with Gasteiger partial charge in [-0.1, -0.05) is 25.3 Å². The van der Waals surface area contributed by atoms with Crippen LogP contribution in [0.5, 0.6) is 11.5 Å². The Balaban J connectivity index is 1.67. The minimum Gasteiger partial charge on any atom is -0.490 e. The molecule has 2 aliphatic rings. The highest BCUT2D eigenvalue weighted by atomic mass is 16.5. The molecule has 6 nitrogen and oxygen atoms in total. The molecule has 2 amide bonds. The summed E-state index contributed by atoms with van der Waals surface area (Å²) in [7, 11) is 0. The Bertz CT molecular complexity index is 745. The quantitative estimate of drug-likeness (QED) is 0.664. The smallest absolute Gasteiger partial charge is 0.245 e. The molecule has 1 heterocycles. The number of carbonyl (C=O) groups is 2. The maximum atomic E-state index is 13.1. The van der Waals surface area contributed by atoms with Crippen molar-refractivity contribution in [2.24, 2.45) is 0 Å². The van der Waals surface area contributed by atoms with E-state index in [1.807, 2.05) is 39.0 Å². The van der Waals surface area contributed by atoms with Crippen LogP contribution >= 0.6 is 0 Å². The van der Waals surface area contributed by atoms with Crippen LogP contribution in [0.2, 0.25) is 0 Å². The second-order valence-corrected chi connectivity index (χ2v) is 8.52. The molecule has 0 spiro atoms. The average molecular weight is 417 g/mol. The number of carbonyl (C=O) groups excluding carboxylic acids is 2. The third-order valence-electron chi connectivity index (χ3n) is 6.38. The summed E-state index contributed by atoms with van der Waals surface area (Å²) in [4.78, 5) is 27.5. The Labute approximate surface area is 180 Å². The molecule has 6 heteroatoms. The molecule has 1 unspecified atom stereocenters. The number of nitrogens with one attached hydrogen (secondary N) is 1. The normalized spacial score (nSPS) is 22.2. The molecular formula is C24H36N2O4. The van der Waals surface area contributed by atoms with Gasteiger partial charge in [-0.15, -0.1) is 0 Å². The van der Waals surface area contributed by atoms with Gasteiger partial charge < -0.3 is 19.7 Å². The molecule has 0 radical (unpaired) electrons. The molecular weight excluding hydrogens is 380 g/mol.